The number of carboxylic acid groups (broad SMARTS) is 1. The number of nitrogens with zero attached hydrogens (tertiary/aromatic N) is 2. The zero-order chi connectivity index (χ0) is 26.6. The predicted molar refractivity (Wildman–Crippen MR) is 141 cm³/mol. The molecular weight excluding hydrogens is 472 g/mol. The Balaban J connectivity index is 1.52. The highest BCUT2D eigenvalue weighted by Crippen LogP contribution is 2.32. The molecule has 4 aromatic rings. The summed E-state index contributed by atoms with van der Waals surface area (Å²) >= 11 is 0. The van der Waals surface area contributed by atoms with Gasteiger partial charge in [-0.05, 0) is 68.8 Å². The van der Waals surface area contributed by atoms with Crippen LogP contribution in [0.4, 0.5) is 10.5 Å². The minimum absolute atomic E-state index is 0.0912. The number of ether oxygens (including phenoxy) is 1. The summed E-state index contributed by atoms with van der Waals surface area (Å²) in [5, 5.41) is 15.5. The van der Waals surface area contributed by atoms with Gasteiger partial charge in [0.1, 0.15) is 11.2 Å². The van der Waals surface area contributed by atoms with E-state index < -0.39 is 17.7 Å². The average molecular weight is 501 g/mol. The van der Waals surface area contributed by atoms with Crippen LogP contribution in [0.3, 0.4) is 0 Å². The molecule has 0 aliphatic heterocycles. The van der Waals surface area contributed by atoms with Crippen molar-refractivity contribution in [2.75, 3.05) is 11.9 Å². The van der Waals surface area contributed by atoms with Gasteiger partial charge in [-0.25, -0.2) is 14.6 Å². The Morgan fingerprint density at radius 1 is 1.03 bits per heavy atom. The fourth-order valence-electron chi connectivity index (χ4n) is 3.83. The van der Waals surface area contributed by atoms with Gasteiger partial charge >= 0.3 is 12.1 Å². The number of nitrogens with one attached hydrogen (secondary N) is 2. The van der Waals surface area contributed by atoms with E-state index in [2.05, 4.69) is 15.6 Å². The van der Waals surface area contributed by atoms with Crippen molar-refractivity contribution >= 4 is 34.7 Å². The number of aromatic nitrogens is 2. The number of benzene rings is 2. The molecule has 4 rings (SSSR count). The number of alkyl carbamates (subject to hydrolysis) is 1. The molecule has 9 heteroatoms. The highest BCUT2D eigenvalue weighted by molar-refractivity contribution is 5.96. The van der Waals surface area contributed by atoms with Gasteiger partial charge in [-0.2, -0.15) is 0 Å². The summed E-state index contributed by atoms with van der Waals surface area (Å²) in [6, 6.07) is 17.9. The zero-order valence-electron chi connectivity index (χ0n) is 20.8. The van der Waals surface area contributed by atoms with Gasteiger partial charge < -0.3 is 25.0 Å². The van der Waals surface area contributed by atoms with Gasteiger partial charge in [0.2, 0.25) is 5.91 Å². The smallest absolute Gasteiger partial charge is 0.407 e. The molecule has 0 fully saturated rings. The summed E-state index contributed by atoms with van der Waals surface area (Å²) in [6.07, 6.45) is 3.18. The second-order valence-electron chi connectivity index (χ2n) is 9.45. The van der Waals surface area contributed by atoms with Crippen molar-refractivity contribution in [1.82, 2.24) is 14.9 Å². The molecule has 3 N–H and O–H groups in total. The molecule has 37 heavy (non-hydrogen) atoms. The zero-order valence-corrected chi connectivity index (χ0v) is 20.8. The molecule has 0 atom stereocenters. The Morgan fingerprint density at radius 3 is 2.49 bits per heavy atom. The third kappa shape index (κ3) is 6.32. The lowest BCUT2D eigenvalue weighted by Crippen LogP contribution is -2.34. The van der Waals surface area contributed by atoms with Gasteiger partial charge in [-0.15, -0.1) is 0 Å². The van der Waals surface area contributed by atoms with E-state index in [9.17, 15) is 19.5 Å². The van der Waals surface area contributed by atoms with Crippen LogP contribution in [-0.4, -0.2) is 44.8 Å². The van der Waals surface area contributed by atoms with E-state index in [1.807, 2.05) is 41.1 Å². The lowest BCUT2D eigenvalue weighted by atomic mass is 10.0. The van der Waals surface area contributed by atoms with Gasteiger partial charge in [0.25, 0.3) is 0 Å². The summed E-state index contributed by atoms with van der Waals surface area (Å²) in [6.45, 7) is 5.46. The van der Waals surface area contributed by atoms with Crippen LogP contribution in [0.1, 0.15) is 37.6 Å². The first kappa shape index (κ1) is 25.4. The van der Waals surface area contributed by atoms with Crippen molar-refractivity contribution in [3.05, 3.63) is 78.6 Å². The van der Waals surface area contributed by atoms with Crippen molar-refractivity contribution in [2.45, 2.75) is 32.8 Å². The molecule has 2 amide bonds. The first-order valence-corrected chi connectivity index (χ1v) is 11.8. The first-order chi connectivity index (χ1) is 17.6. The maximum absolute atomic E-state index is 12.4. The third-order valence-corrected chi connectivity index (χ3v) is 5.43. The number of amides is 2. The van der Waals surface area contributed by atoms with E-state index in [-0.39, 0.29) is 24.4 Å². The molecule has 0 unspecified atom stereocenters. The summed E-state index contributed by atoms with van der Waals surface area (Å²) in [4.78, 5) is 40.0. The van der Waals surface area contributed by atoms with E-state index in [0.29, 0.717) is 5.69 Å². The maximum atomic E-state index is 12.4. The van der Waals surface area contributed by atoms with E-state index in [4.69, 9.17) is 4.74 Å². The fraction of sp³-hybridized carbons (Fsp3) is 0.214. The SMILES string of the molecule is CC(C)(C)OC(=O)NCCC(=O)Nc1cccc(-n2cc(-c3ccc(C(=O)O)cc3)c3cccnc32)c1. The fourth-order valence-corrected chi connectivity index (χ4v) is 3.83. The summed E-state index contributed by atoms with van der Waals surface area (Å²) in [7, 11) is 0. The Bertz CT molecular complexity index is 1450. The Labute approximate surface area is 214 Å². The second-order valence-corrected chi connectivity index (χ2v) is 9.45. The summed E-state index contributed by atoms with van der Waals surface area (Å²) in [5.41, 5.74) is 3.50. The van der Waals surface area contributed by atoms with Crippen LogP contribution < -0.4 is 10.6 Å². The Morgan fingerprint density at radius 2 is 1.78 bits per heavy atom. The van der Waals surface area contributed by atoms with Crippen LogP contribution in [0.15, 0.2) is 73.1 Å². The molecule has 0 aliphatic rings. The number of aromatic carboxylic acids is 1. The number of carbonyl (C=O) groups is 3. The molecule has 0 aliphatic carbocycles. The van der Waals surface area contributed by atoms with Crippen molar-refractivity contribution in [3.63, 3.8) is 0 Å². The van der Waals surface area contributed by atoms with Crippen LogP contribution >= 0.6 is 0 Å². The molecular formula is C28H28N4O5. The van der Waals surface area contributed by atoms with Gasteiger partial charge in [-0.1, -0.05) is 18.2 Å². The van der Waals surface area contributed by atoms with Crippen molar-refractivity contribution in [1.29, 1.82) is 0 Å². The first-order valence-electron chi connectivity index (χ1n) is 11.8. The minimum Gasteiger partial charge on any atom is -0.478 e. The summed E-state index contributed by atoms with van der Waals surface area (Å²) in [5.74, 6) is -1.22. The molecule has 0 radical (unpaired) electrons. The lowest BCUT2D eigenvalue weighted by molar-refractivity contribution is -0.116. The van der Waals surface area contributed by atoms with E-state index in [0.717, 1.165) is 27.8 Å². The monoisotopic (exact) mass is 500 g/mol. The normalized spacial score (nSPS) is 11.2. The quantitative estimate of drug-likeness (QED) is 0.319. The number of carbonyl (C=O) groups excluding carboxylic acids is 2. The van der Waals surface area contributed by atoms with Gasteiger partial charge in [0.05, 0.1) is 5.56 Å². The van der Waals surface area contributed by atoms with Crippen molar-refractivity contribution < 1.29 is 24.2 Å². The molecule has 2 heterocycles. The minimum atomic E-state index is -0.977. The predicted octanol–water partition coefficient (Wildman–Crippen LogP) is 5.24. The Hall–Kier alpha value is -4.66. The molecule has 0 spiro atoms. The highest BCUT2D eigenvalue weighted by Gasteiger charge is 2.16. The third-order valence-electron chi connectivity index (χ3n) is 5.43. The molecule has 0 saturated carbocycles. The molecule has 9 nitrogen and oxygen atoms in total. The van der Waals surface area contributed by atoms with Crippen LogP contribution in [0.2, 0.25) is 0 Å². The number of pyridine rings is 1. The number of carboxylic acids is 1. The average Bonchev–Trinajstić information content (AvgIpc) is 3.23. The number of fused-ring (bicyclic) bond motifs is 1. The Kier molecular flexibility index (Phi) is 7.24. The van der Waals surface area contributed by atoms with Gasteiger partial charge in [-0.3, -0.25) is 4.79 Å². The van der Waals surface area contributed by atoms with Gasteiger partial charge in [0, 0.05) is 47.7 Å². The van der Waals surface area contributed by atoms with Crippen LogP contribution in [0.5, 0.6) is 0 Å². The molecule has 2 aromatic carbocycles. The summed E-state index contributed by atoms with van der Waals surface area (Å²) < 4.78 is 7.10. The standard InChI is InChI=1S/C28H28N4O5/c1-28(2,3)37-27(36)30-15-13-24(33)31-20-6-4-7-21(16-20)32-17-23(22-8-5-14-29-25(22)32)18-9-11-19(12-10-18)26(34)35/h4-12,14,16-17H,13,15H2,1-3H3,(H,30,36)(H,31,33)(H,34,35). The van der Waals surface area contributed by atoms with Gasteiger partial charge in [0.15, 0.2) is 0 Å². The highest BCUT2D eigenvalue weighted by atomic mass is 16.6. The lowest BCUT2D eigenvalue weighted by Gasteiger charge is -2.19. The largest absolute Gasteiger partial charge is 0.478 e. The number of rotatable bonds is 7. The molecule has 0 bridgehead atoms. The van der Waals surface area contributed by atoms with E-state index in [1.54, 1.807) is 57.3 Å². The maximum Gasteiger partial charge on any atom is 0.407 e. The topological polar surface area (TPSA) is 123 Å². The van der Waals surface area contributed by atoms with Crippen LogP contribution in [-0.2, 0) is 9.53 Å². The van der Waals surface area contributed by atoms with Crippen molar-refractivity contribution in [3.8, 4) is 16.8 Å². The molecule has 2 aromatic heterocycles. The number of anilines is 1. The molecule has 0 saturated heterocycles. The van der Waals surface area contributed by atoms with E-state index in [1.165, 1.54) is 0 Å². The van der Waals surface area contributed by atoms with Crippen LogP contribution in [0, 0.1) is 0 Å². The number of hydrogen-bond donors (Lipinski definition) is 3. The van der Waals surface area contributed by atoms with Crippen LogP contribution in [0.25, 0.3) is 27.8 Å². The van der Waals surface area contributed by atoms with Crippen molar-refractivity contribution in [2.24, 2.45) is 0 Å². The number of hydrogen-bond acceptors (Lipinski definition) is 5. The second kappa shape index (κ2) is 10.5. The molecule has 190 valence electrons. The van der Waals surface area contributed by atoms with E-state index >= 15 is 0 Å².